The number of thioether (sulfide) groups is 1. The zero-order valence-electron chi connectivity index (χ0n) is 7.91. The van der Waals surface area contributed by atoms with E-state index in [4.69, 9.17) is 0 Å². The minimum atomic E-state index is 0.469. The van der Waals surface area contributed by atoms with E-state index in [0.29, 0.717) is 14.9 Å². The van der Waals surface area contributed by atoms with Gasteiger partial charge in [-0.15, -0.1) is 11.8 Å². The molecule has 1 aliphatic rings. The summed E-state index contributed by atoms with van der Waals surface area (Å²) in [7, 11) is 0. The van der Waals surface area contributed by atoms with Gasteiger partial charge in [-0.3, -0.25) is 0 Å². The van der Waals surface area contributed by atoms with Gasteiger partial charge in [-0.1, -0.05) is 41.5 Å². The van der Waals surface area contributed by atoms with Crippen LogP contribution in [0, 0.1) is 5.41 Å². The maximum atomic E-state index is 2.36. The number of hydrogen-bond donors (Lipinski definition) is 0. The molecule has 0 aliphatic carbocycles. The molecule has 0 nitrogen and oxygen atoms in total. The highest BCUT2D eigenvalue weighted by Crippen LogP contribution is 2.66. The Hall–Kier alpha value is 0.350. The topological polar surface area (TPSA) is 0 Å². The molecule has 1 fully saturated rings. The first kappa shape index (κ1) is 8.45. The summed E-state index contributed by atoms with van der Waals surface area (Å²) < 4.78 is 0.938. The summed E-state index contributed by atoms with van der Waals surface area (Å²) >= 11 is 2.09. The Bertz CT molecular complexity index is 138. The van der Waals surface area contributed by atoms with Gasteiger partial charge in [0.05, 0.1) is 0 Å². The average molecular weight is 158 g/mol. The van der Waals surface area contributed by atoms with Gasteiger partial charge in [-0.05, 0) is 5.41 Å². The van der Waals surface area contributed by atoms with Crippen LogP contribution in [0.25, 0.3) is 0 Å². The number of rotatable bonds is 0. The summed E-state index contributed by atoms with van der Waals surface area (Å²) in [6, 6.07) is 0. The lowest BCUT2D eigenvalue weighted by molar-refractivity contribution is 0.176. The second-order valence-electron chi connectivity index (χ2n) is 4.75. The summed E-state index contributed by atoms with van der Waals surface area (Å²) in [5, 5.41) is 0. The molecule has 0 bridgehead atoms. The maximum absolute atomic E-state index is 2.36. The molecule has 0 amide bonds. The Balaban J connectivity index is 2.85. The molecule has 1 aliphatic heterocycles. The van der Waals surface area contributed by atoms with Gasteiger partial charge in [-0.25, -0.2) is 0 Å². The molecule has 0 N–H and O–H groups in total. The van der Waals surface area contributed by atoms with E-state index in [-0.39, 0.29) is 0 Å². The molecular formula is C9H18S. The lowest BCUT2D eigenvalue weighted by Crippen LogP contribution is -2.61. The smallest absolute Gasteiger partial charge is 0.0173 e. The second kappa shape index (κ2) is 1.74. The lowest BCUT2D eigenvalue weighted by atomic mass is 9.69. The van der Waals surface area contributed by atoms with Gasteiger partial charge in [0.1, 0.15) is 0 Å². The Morgan fingerprint density at radius 2 is 1.00 bits per heavy atom. The van der Waals surface area contributed by atoms with Gasteiger partial charge in [0.15, 0.2) is 0 Å². The summed E-state index contributed by atoms with van der Waals surface area (Å²) in [5.74, 6) is 0. The minimum Gasteiger partial charge on any atom is -0.148 e. The highest BCUT2D eigenvalue weighted by Gasteiger charge is 2.60. The SMILES string of the molecule is CC1(C)SC(C)(C)C1(C)C. The van der Waals surface area contributed by atoms with Crippen LogP contribution in [0.5, 0.6) is 0 Å². The quantitative estimate of drug-likeness (QED) is 0.521. The summed E-state index contributed by atoms with van der Waals surface area (Å²) in [4.78, 5) is 0. The van der Waals surface area contributed by atoms with E-state index in [1.165, 1.54) is 0 Å². The highest BCUT2D eigenvalue weighted by molar-refractivity contribution is 8.03. The third-order valence-electron chi connectivity index (χ3n) is 3.52. The van der Waals surface area contributed by atoms with Gasteiger partial charge in [-0.2, -0.15) is 0 Å². The molecule has 1 heterocycles. The molecular weight excluding hydrogens is 140 g/mol. The van der Waals surface area contributed by atoms with Crippen LogP contribution in [0.1, 0.15) is 41.5 Å². The summed E-state index contributed by atoms with van der Waals surface area (Å²) in [6.45, 7) is 14.1. The van der Waals surface area contributed by atoms with Gasteiger partial charge in [0.2, 0.25) is 0 Å². The van der Waals surface area contributed by atoms with Crippen LogP contribution in [0.2, 0.25) is 0 Å². The fraction of sp³-hybridized carbons (Fsp3) is 1.00. The van der Waals surface area contributed by atoms with E-state index in [1.807, 2.05) is 0 Å². The maximum Gasteiger partial charge on any atom is 0.0173 e. The van der Waals surface area contributed by atoms with Crippen LogP contribution in [0.4, 0.5) is 0 Å². The summed E-state index contributed by atoms with van der Waals surface area (Å²) in [5.41, 5.74) is 0.477. The molecule has 1 rings (SSSR count). The Kier molecular flexibility index (Phi) is 1.47. The van der Waals surface area contributed by atoms with Crippen LogP contribution in [0.3, 0.4) is 0 Å². The first-order valence-corrected chi connectivity index (χ1v) is 4.72. The Labute approximate surface area is 68.8 Å². The van der Waals surface area contributed by atoms with E-state index in [2.05, 4.69) is 53.3 Å². The average Bonchev–Trinajstić information content (AvgIpc) is 1.61. The Morgan fingerprint density at radius 1 is 0.700 bits per heavy atom. The summed E-state index contributed by atoms with van der Waals surface area (Å²) in [6.07, 6.45) is 0. The largest absolute Gasteiger partial charge is 0.148 e. The molecule has 0 radical (unpaired) electrons. The predicted octanol–water partition coefficient (Wildman–Crippen LogP) is 3.32. The lowest BCUT2D eigenvalue weighted by Gasteiger charge is -2.64. The van der Waals surface area contributed by atoms with E-state index in [1.54, 1.807) is 0 Å². The van der Waals surface area contributed by atoms with Crippen molar-refractivity contribution in [3.05, 3.63) is 0 Å². The van der Waals surface area contributed by atoms with Crippen LogP contribution in [0.15, 0.2) is 0 Å². The van der Waals surface area contributed by atoms with Gasteiger partial charge in [0.25, 0.3) is 0 Å². The van der Waals surface area contributed by atoms with Crippen molar-refractivity contribution >= 4 is 11.8 Å². The molecule has 60 valence electrons. The van der Waals surface area contributed by atoms with Crippen molar-refractivity contribution in [1.29, 1.82) is 0 Å². The van der Waals surface area contributed by atoms with E-state index in [9.17, 15) is 0 Å². The molecule has 0 unspecified atom stereocenters. The first-order valence-electron chi connectivity index (χ1n) is 3.91. The molecule has 0 aromatic heterocycles. The molecule has 0 aromatic carbocycles. The molecule has 0 saturated carbocycles. The van der Waals surface area contributed by atoms with Crippen LogP contribution in [-0.4, -0.2) is 9.49 Å². The van der Waals surface area contributed by atoms with E-state index < -0.39 is 0 Å². The van der Waals surface area contributed by atoms with Gasteiger partial charge < -0.3 is 0 Å². The minimum absolute atomic E-state index is 0.469. The van der Waals surface area contributed by atoms with Gasteiger partial charge >= 0.3 is 0 Å². The van der Waals surface area contributed by atoms with Crippen LogP contribution < -0.4 is 0 Å². The fourth-order valence-electron chi connectivity index (χ4n) is 1.57. The number of hydrogen-bond acceptors (Lipinski definition) is 1. The van der Waals surface area contributed by atoms with Crippen molar-refractivity contribution in [2.24, 2.45) is 5.41 Å². The molecule has 1 saturated heterocycles. The zero-order chi connectivity index (χ0) is 8.21. The molecule has 0 spiro atoms. The third-order valence-corrected chi connectivity index (χ3v) is 5.56. The van der Waals surface area contributed by atoms with Crippen molar-refractivity contribution < 1.29 is 0 Å². The van der Waals surface area contributed by atoms with Crippen LogP contribution in [-0.2, 0) is 0 Å². The Morgan fingerprint density at radius 3 is 1.00 bits per heavy atom. The monoisotopic (exact) mass is 158 g/mol. The molecule has 10 heavy (non-hydrogen) atoms. The molecule has 0 atom stereocenters. The molecule has 1 heteroatoms. The van der Waals surface area contributed by atoms with E-state index >= 15 is 0 Å². The van der Waals surface area contributed by atoms with E-state index in [0.717, 1.165) is 0 Å². The van der Waals surface area contributed by atoms with Crippen molar-refractivity contribution in [2.75, 3.05) is 0 Å². The first-order chi connectivity index (χ1) is 4.21. The van der Waals surface area contributed by atoms with Crippen molar-refractivity contribution in [3.63, 3.8) is 0 Å². The van der Waals surface area contributed by atoms with Crippen molar-refractivity contribution in [1.82, 2.24) is 0 Å². The highest BCUT2D eigenvalue weighted by atomic mass is 32.2. The molecule has 0 aromatic rings. The zero-order valence-corrected chi connectivity index (χ0v) is 8.72. The normalized spacial score (nSPS) is 33.0. The predicted molar refractivity (Wildman–Crippen MR) is 49.5 cm³/mol. The standard InChI is InChI=1S/C9H18S/c1-7(2)8(3,4)10-9(7,5)6/h1-6H3. The second-order valence-corrected chi connectivity index (χ2v) is 6.99. The van der Waals surface area contributed by atoms with Crippen molar-refractivity contribution in [2.45, 2.75) is 51.0 Å². The van der Waals surface area contributed by atoms with Gasteiger partial charge in [0, 0.05) is 9.49 Å². The third kappa shape index (κ3) is 0.761. The fourth-order valence-corrected chi connectivity index (χ4v) is 3.71. The van der Waals surface area contributed by atoms with Crippen LogP contribution >= 0.6 is 11.8 Å². The van der Waals surface area contributed by atoms with Crippen molar-refractivity contribution in [3.8, 4) is 0 Å².